The zero-order chi connectivity index (χ0) is 21.4. The molecule has 1 saturated heterocycles. The van der Waals surface area contributed by atoms with Crippen LogP contribution in [0.15, 0.2) is 30.6 Å². The Morgan fingerprint density at radius 2 is 2.03 bits per heavy atom. The Bertz CT molecular complexity index is 1120. The number of pyridine rings is 1. The molecule has 0 atom stereocenters. The second-order valence-electron chi connectivity index (χ2n) is 7.47. The van der Waals surface area contributed by atoms with Crippen molar-refractivity contribution in [1.29, 1.82) is 0 Å². The molecule has 0 unspecified atom stereocenters. The number of ether oxygens (including phenoxy) is 1. The first-order valence-corrected chi connectivity index (χ1v) is 10.2. The first-order chi connectivity index (χ1) is 15.1. The molecule has 1 amide bonds. The van der Waals surface area contributed by atoms with Gasteiger partial charge in [0.15, 0.2) is 5.82 Å². The summed E-state index contributed by atoms with van der Waals surface area (Å²) in [6.45, 7) is 3.64. The van der Waals surface area contributed by atoms with Crippen LogP contribution in [0.1, 0.15) is 16.1 Å². The van der Waals surface area contributed by atoms with E-state index < -0.39 is 5.82 Å². The van der Waals surface area contributed by atoms with Crippen LogP contribution in [0.25, 0.3) is 11.4 Å². The van der Waals surface area contributed by atoms with Crippen molar-refractivity contribution in [1.82, 2.24) is 24.8 Å². The molecule has 0 spiro atoms. The molecule has 3 aromatic heterocycles. The number of morpholine rings is 1. The van der Waals surface area contributed by atoms with E-state index in [2.05, 4.69) is 30.5 Å². The second kappa shape index (κ2) is 7.95. The molecular weight excluding hydrogens is 401 g/mol. The van der Waals surface area contributed by atoms with Crippen LogP contribution in [0, 0.1) is 5.82 Å². The number of aromatic nitrogens is 4. The van der Waals surface area contributed by atoms with Crippen LogP contribution in [0.2, 0.25) is 0 Å². The standard InChI is InChI=1S/C21H22FN7O2/c1-28-16-4-5-23-20(30)14(16)10-17(28)19-15(22)12-25-21(27-19)26-18-3-2-13(11-24-18)29-6-8-31-9-7-29/h2-3,10-12H,4-9H2,1H3,(H,23,30)(H,24,25,26,27). The predicted octanol–water partition coefficient (Wildman–Crippen LogP) is 1.88. The highest BCUT2D eigenvalue weighted by Gasteiger charge is 2.25. The normalized spacial score (nSPS) is 16.1. The number of hydrogen-bond donors (Lipinski definition) is 2. The number of nitrogens with one attached hydrogen (secondary N) is 2. The minimum absolute atomic E-state index is 0.132. The van der Waals surface area contributed by atoms with Gasteiger partial charge in [-0.1, -0.05) is 0 Å². The summed E-state index contributed by atoms with van der Waals surface area (Å²) >= 11 is 0. The third-order valence-corrected chi connectivity index (χ3v) is 5.60. The van der Waals surface area contributed by atoms with E-state index in [1.807, 2.05) is 23.7 Å². The van der Waals surface area contributed by atoms with Crippen LogP contribution in [-0.4, -0.2) is 58.3 Å². The maximum atomic E-state index is 14.6. The summed E-state index contributed by atoms with van der Waals surface area (Å²) in [4.78, 5) is 27.2. The molecule has 0 aromatic carbocycles. The summed E-state index contributed by atoms with van der Waals surface area (Å²) < 4.78 is 21.8. The number of nitrogens with zero attached hydrogens (tertiary/aromatic N) is 5. The summed E-state index contributed by atoms with van der Waals surface area (Å²) in [5.41, 5.74) is 3.10. The van der Waals surface area contributed by atoms with Gasteiger partial charge < -0.3 is 24.8 Å². The average molecular weight is 423 g/mol. The molecule has 5 heterocycles. The van der Waals surface area contributed by atoms with Crippen LogP contribution >= 0.6 is 0 Å². The fourth-order valence-electron chi connectivity index (χ4n) is 3.95. The lowest BCUT2D eigenvalue weighted by molar-refractivity contribution is 0.0945. The molecule has 0 bridgehead atoms. The largest absolute Gasteiger partial charge is 0.378 e. The summed E-state index contributed by atoms with van der Waals surface area (Å²) in [7, 11) is 1.81. The molecule has 0 radical (unpaired) electrons. The van der Waals surface area contributed by atoms with Crippen molar-refractivity contribution in [3.63, 3.8) is 0 Å². The average Bonchev–Trinajstić information content (AvgIpc) is 3.14. The number of carbonyl (C=O) groups excluding carboxylic acids is 1. The van der Waals surface area contributed by atoms with Gasteiger partial charge in [0.1, 0.15) is 11.5 Å². The molecule has 0 saturated carbocycles. The lowest BCUT2D eigenvalue weighted by Crippen LogP contribution is -2.36. The van der Waals surface area contributed by atoms with Gasteiger partial charge in [-0.05, 0) is 18.2 Å². The Kier molecular flexibility index (Phi) is 4.99. The minimum Gasteiger partial charge on any atom is -0.378 e. The van der Waals surface area contributed by atoms with Gasteiger partial charge in [0.05, 0.1) is 42.6 Å². The Labute approximate surface area is 178 Å². The summed E-state index contributed by atoms with van der Waals surface area (Å²) in [6.07, 6.45) is 3.59. The van der Waals surface area contributed by atoms with E-state index in [0.29, 0.717) is 43.3 Å². The number of halogens is 1. The van der Waals surface area contributed by atoms with E-state index >= 15 is 0 Å². The molecule has 3 aromatic rings. The lowest BCUT2D eigenvalue weighted by atomic mass is 10.1. The molecule has 0 aliphatic carbocycles. The van der Waals surface area contributed by atoms with Crippen molar-refractivity contribution >= 4 is 23.4 Å². The number of rotatable bonds is 4. The number of amides is 1. The number of anilines is 3. The number of carbonyl (C=O) groups is 1. The molecule has 31 heavy (non-hydrogen) atoms. The summed E-state index contributed by atoms with van der Waals surface area (Å²) in [6, 6.07) is 5.48. The summed E-state index contributed by atoms with van der Waals surface area (Å²) in [5.74, 6) is 0.0757. The monoisotopic (exact) mass is 423 g/mol. The Balaban J connectivity index is 1.40. The molecule has 2 aliphatic rings. The van der Waals surface area contributed by atoms with Crippen LogP contribution in [0.3, 0.4) is 0 Å². The second-order valence-corrected chi connectivity index (χ2v) is 7.47. The fourth-order valence-corrected chi connectivity index (χ4v) is 3.95. The van der Waals surface area contributed by atoms with Gasteiger partial charge in [-0.2, -0.15) is 0 Å². The highest BCUT2D eigenvalue weighted by atomic mass is 19.1. The molecule has 2 N–H and O–H groups in total. The topological polar surface area (TPSA) is 97.2 Å². The van der Waals surface area contributed by atoms with E-state index in [1.165, 1.54) is 0 Å². The van der Waals surface area contributed by atoms with Crippen molar-refractivity contribution in [3.05, 3.63) is 47.7 Å². The third kappa shape index (κ3) is 3.70. The molecule has 2 aliphatic heterocycles. The maximum Gasteiger partial charge on any atom is 0.253 e. The Hall–Kier alpha value is -3.53. The van der Waals surface area contributed by atoms with Gasteiger partial charge in [0.25, 0.3) is 5.91 Å². The van der Waals surface area contributed by atoms with E-state index in [1.54, 1.807) is 12.3 Å². The van der Waals surface area contributed by atoms with Gasteiger partial charge >= 0.3 is 0 Å². The van der Waals surface area contributed by atoms with Gasteiger partial charge in [0.2, 0.25) is 5.95 Å². The Morgan fingerprint density at radius 3 is 2.77 bits per heavy atom. The smallest absolute Gasteiger partial charge is 0.253 e. The molecule has 9 nitrogen and oxygen atoms in total. The quantitative estimate of drug-likeness (QED) is 0.661. The number of hydrogen-bond acceptors (Lipinski definition) is 7. The van der Waals surface area contributed by atoms with Crippen LogP contribution in [0.5, 0.6) is 0 Å². The van der Waals surface area contributed by atoms with Gasteiger partial charge in [0, 0.05) is 38.8 Å². The van der Waals surface area contributed by atoms with Gasteiger partial charge in [-0.25, -0.2) is 19.3 Å². The van der Waals surface area contributed by atoms with Crippen molar-refractivity contribution in [2.75, 3.05) is 43.1 Å². The van der Waals surface area contributed by atoms with E-state index in [4.69, 9.17) is 4.74 Å². The minimum atomic E-state index is -0.556. The van der Waals surface area contributed by atoms with E-state index in [-0.39, 0.29) is 17.5 Å². The summed E-state index contributed by atoms with van der Waals surface area (Å²) in [5, 5.41) is 5.84. The zero-order valence-corrected chi connectivity index (χ0v) is 17.1. The fraction of sp³-hybridized carbons (Fsp3) is 0.333. The first kappa shape index (κ1) is 19.4. The van der Waals surface area contributed by atoms with Crippen molar-refractivity contribution in [2.45, 2.75) is 6.42 Å². The van der Waals surface area contributed by atoms with E-state index in [9.17, 15) is 9.18 Å². The van der Waals surface area contributed by atoms with Crippen molar-refractivity contribution in [3.8, 4) is 11.4 Å². The molecule has 1 fully saturated rings. The maximum absolute atomic E-state index is 14.6. The first-order valence-electron chi connectivity index (χ1n) is 10.2. The van der Waals surface area contributed by atoms with E-state index in [0.717, 1.165) is 30.7 Å². The molecular formula is C21H22FN7O2. The molecule has 160 valence electrons. The predicted molar refractivity (Wildman–Crippen MR) is 113 cm³/mol. The SMILES string of the molecule is Cn1c(-c2nc(Nc3ccc(N4CCOCC4)cn3)ncc2F)cc2c1CCNC2=O. The number of fused-ring (bicyclic) bond motifs is 1. The van der Waals surface area contributed by atoms with Gasteiger partial charge in [-0.15, -0.1) is 0 Å². The third-order valence-electron chi connectivity index (χ3n) is 5.60. The zero-order valence-electron chi connectivity index (χ0n) is 17.1. The van der Waals surface area contributed by atoms with Crippen molar-refractivity contribution < 1.29 is 13.9 Å². The van der Waals surface area contributed by atoms with Crippen molar-refractivity contribution in [2.24, 2.45) is 7.05 Å². The van der Waals surface area contributed by atoms with Crippen LogP contribution in [-0.2, 0) is 18.2 Å². The molecule has 10 heteroatoms. The highest BCUT2D eigenvalue weighted by Crippen LogP contribution is 2.28. The lowest BCUT2D eigenvalue weighted by Gasteiger charge is -2.28. The molecule has 5 rings (SSSR count). The Morgan fingerprint density at radius 1 is 1.19 bits per heavy atom. The van der Waals surface area contributed by atoms with Gasteiger partial charge in [-0.3, -0.25) is 4.79 Å². The van der Waals surface area contributed by atoms with Crippen LogP contribution in [0.4, 0.5) is 21.8 Å². The van der Waals surface area contributed by atoms with Crippen LogP contribution < -0.4 is 15.5 Å². The highest BCUT2D eigenvalue weighted by molar-refractivity contribution is 5.97.